The monoisotopic (exact) mass is 414 g/mol. The summed E-state index contributed by atoms with van der Waals surface area (Å²) in [5, 5.41) is 4.33. The molecule has 2 nitrogen and oxygen atoms in total. The molecule has 1 heterocycles. The fourth-order valence-corrected chi connectivity index (χ4v) is 2.80. The third kappa shape index (κ3) is 4.66. The first-order valence-electron chi connectivity index (χ1n) is 7.26. The largest absolute Gasteiger partial charge is 0.310 e. The van der Waals surface area contributed by atoms with Gasteiger partial charge in [0.25, 0.3) is 0 Å². The Labute approximate surface area is 145 Å². The van der Waals surface area contributed by atoms with Crippen molar-refractivity contribution in [2.45, 2.75) is 32.7 Å². The summed E-state index contributed by atoms with van der Waals surface area (Å²) in [4.78, 5) is 4.56. The van der Waals surface area contributed by atoms with Crippen molar-refractivity contribution in [3.8, 4) is 0 Å². The smallest absolute Gasteiger partial charge is 0.0542 e. The van der Waals surface area contributed by atoms with Gasteiger partial charge in [0, 0.05) is 27.9 Å². The number of nitrogens with zero attached hydrogens (tertiary/aromatic N) is 1. The second kappa shape index (κ2) is 8.11. The van der Waals surface area contributed by atoms with Crippen LogP contribution in [0, 0.1) is 3.57 Å². The highest BCUT2D eigenvalue weighted by molar-refractivity contribution is 14.1. The lowest BCUT2D eigenvalue weighted by atomic mass is 10.0. The minimum absolute atomic E-state index is 0.240. The molecule has 0 fully saturated rings. The normalized spacial score (nSPS) is 12.4. The predicted molar refractivity (Wildman–Crippen MR) is 97.9 cm³/mol. The Morgan fingerprint density at radius 3 is 2.62 bits per heavy atom. The molecule has 4 heteroatoms. The van der Waals surface area contributed by atoms with Gasteiger partial charge in [0.2, 0.25) is 0 Å². The van der Waals surface area contributed by atoms with Gasteiger partial charge < -0.3 is 5.32 Å². The number of aromatic nitrogens is 1. The van der Waals surface area contributed by atoms with E-state index in [0.717, 1.165) is 33.7 Å². The summed E-state index contributed by atoms with van der Waals surface area (Å²) in [7, 11) is 0. The van der Waals surface area contributed by atoms with Crippen molar-refractivity contribution in [3.05, 3.63) is 61.9 Å². The average Bonchev–Trinajstić information content (AvgIpc) is 2.50. The minimum Gasteiger partial charge on any atom is -0.310 e. The Balaban J connectivity index is 2.19. The summed E-state index contributed by atoms with van der Waals surface area (Å²) in [6.45, 7) is 5.18. The summed E-state index contributed by atoms with van der Waals surface area (Å²) in [6, 6.07) is 10.8. The molecule has 0 aliphatic rings. The third-order valence-corrected chi connectivity index (χ3v) is 5.08. The van der Waals surface area contributed by atoms with Crippen LogP contribution in [0.2, 0.25) is 5.02 Å². The lowest BCUT2D eigenvalue weighted by Gasteiger charge is -2.19. The molecule has 2 rings (SSSR count). The van der Waals surface area contributed by atoms with E-state index in [4.69, 9.17) is 11.6 Å². The molecule has 2 aromatic rings. The van der Waals surface area contributed by atoms with Crippen LogP contribution >= 0.6 is 34.2 Å². The third-order valence-electron chi connectivity index (χ3n) is 3.50. The fraction of sp³-hybridized carbons (Fsp3) is 0.353. The van der Waals surface area contributed by atoms with E-state index in [2.05, 4.69) is 77.1 Å². The highest BCUT2D eigenvalue weighted by atomic mass is 127. The van der Waals surface area contributed by atoms with Crippen molar-refractivity contribution in [1.29, 1.82) is 0 Å². The zero-order valence-corrected chi connectivity index (χ0v) is 15.3. The number of hydrogen-bond acceptors (Lipinski definition) is 2. The molecule has 0 saturated heterocycles. The maximum atomic E-state index is 6.25. The molecule has 0 amide bonds. The second-order valence-corrected chi connectivity index (χ2v) is 6.57. The van der Waals surface area contributed by atoms with Crippen molar-refractivity contribution in [2.24, 2.45) is 0 Å². The van der Waals surface area contributed by atoms with Gasteiger partial charge in [-0.25, -0.2) is 0 Å². The molecule has 1 atom stereocenters. The molecule has 1 aromatic heterocycles. The Morgan fingerprint density at radius 1 is 1.24 bits per heavy atom. The fourth-order valence-electron chi connectivity index (χ4n) is 2.28. The lowest BCUT2D eigenvalue weighted by Crippen LogP contribution is -2.23. The number of pyridine rings is 1. The van der Waals surface area contributed by atoms with Gasteiger partial charge in [-0.2, -0.15) is 0 Å². The van der Waals surface area contributed by atoms with E-state index in [1.807, 2.05) is 6.20 Å². The lowest BCUT2D eigenvalue weighted by molar-refractivity contribution is 0.544. The van der Waals surface area contributed by atoms with Gasteiger partial charge in [-0.3, -0.25) is 4.98 Å². The molecule has 0 bridgehead atoms. The van der Waals surface area contributed by atoms with E-state index < -0.39 is 0 Å². The van der Waals surface area contributed by atoms with E-state index in [-0.39, 0.29) is 6.04 Å². The van der Waals surface area contributed by atoms with Gasteiger partial charge in [0.1, 0.15) is 0 Å². The van der Waals surface area contributed by atoms with Gasteiger partial charge in [-0.15, -0.1) is 0 Å². The van der Waals surface area contributed by atoms with Crippen LogP contribution in [-0.4, -0.2) is 11.5 Å². The number of rotatable bonds is 6. The SMILES string of the molecule is CCNC(Cc1ccc(CC)cn1)c1ccc(I)c(Cl)c1. The Morgan fingerprint density at radius 2 is 2.05 bits per heavy atom. The van der Waals surface area contributed by atoms with Crippen molar-refractivity contribution >= 4 is 34.2 Å². The van der Waals surface area contributed by atoms with Gasteiger partial charge in [0.15, 0.2) is 0 Å². The quantitative estimate of drug-likeness (QED) is 0.687. The van der Waals surface area contributed by atoms with E-state index in [0.29, 0.717) is 0 Å². The first-order chi connectivity index (χ1) is 10.1. The van der Waals surface area contributed by atoms with Gasteiger partial charge >= 0.3 is 0 Å². The number of likely N-dealkylation sites (N-methyl/N-ethyl adjacent to an activating group) is 1. The van der Waals surface area contributed by atoms with Crippen LogP contribution in [0.5, 0.6) is 0 Å². The minimum atomic E-state index is 0.240. The van der Waals surface area contributed by atoms with Crippen LogP contribution < -0.4 is 5.32 Å². The number of benzene rings is 1. The van der Waals surface area contributed by atoms with Gasteiger partial charge in [-0.05, 0) is 64.9 Å². The molecule has 0 saturated carbocycles. The number of halogens is 2. The molecule has 0 aliphatic carbocycles. The first kappa shape index (κ1) is 16.7. The van der Waals surface area contributed by atoms with Crippen molar-refractivity contribution < 1.29 is 0 Å². The van der Waals surface area contributed by atoms with Crippen molar-refractivity contribution in [2.75, 3.05) is 6.54 Å². The van der Waals surface area contributed by atoms with Crippen LogP contribution in [0.25, 0.3) is 0 Å². The van der Waals surface area contributed by atoms with Crippen LogP contribution in [0.3, 0.4) is 0 Å². The molecule has 0 aliphatic heterocycles. The second-order valence-electron chi connectivity index (χ2n) is 5.00. The Kier molecular flexibility index (Phi) is 6.45. The summed E-state index contributed by atoms with van der Waals surface area (Å²) in [5.41, 5.74) is 3.59. The Bertz CT molecular complexity index is 584. The standard InChI is InChI=1S/C17H20ClIN2/c1-3-12-5-7-14(21-11-12)10-17(20-4-2)13-6-8-16(19)15(18)9-13/h5-9,11,17,20H,3-4,10H2,1-2H3. The molecule has 0 spiro atoms. The summed E-state index contributed by atoms with van der Waals surface area (Å²) in [6.07, 6.45) is 3.87. The molecule has 0 radical (unpaired) electrons. The molecule has 1 aromatic carbocycles. The van der Waals surface area contributed by atoms with E-state index >= 15 is 0 Å². The van der Waals surface area contributed by atoms with Crippen molar-refractivity contribution in [1.82, 2.24) is 10.3 Å². The maximum Gasteiger partial charge on any atom is 0.0542 e. The van der Waals surface area contributed by atoms with E-state index in [1.165, 1.54) is 11.1 Å². The average molecular weight is 415 g/mol. The van der Waals surface area contributed by atoms with Gasteiger partial charge in [0.05, 0.1) is 5.02 Å². The number of nitrogens with one attached hydrogen (secondary N) is 1. The van der Waals surface area contributed by atoms with Crippen molar-refractivity contribution in [3.63, 3.8) is 0 Å². The van der Waals surface area contributed by atoms with Crippen LogP contribution in [0.4, 0.5) is 0 Å². The van der Waals surface area contributed by atoms with Gasteiger partial charge in [-0.1, -0.05) is 37.6 Å². The molecular weight excluding hydrogens is 395 g/mol. The summed E-state index contributed by atoms with van der Waals surface area (Å²) < 4.78 is 1.08. The zero-order chi connectivity index (χ0) is 15.2. The highest BCUT2D eigenvalue weighted by Crippen LogP contribution is 2.25. The molecule has 21 heavy (non-hydrogen) atoms. The summed E-state index contributed by atoms with van der Waals surface area (Å²) >= 11 is 8.50. The number of aryl methyl sites for hydroxylation is 1. The first-order valence-corrected chi connectivity index (χ1v) is 8.71. The number of hydrogen-bond donors (Lipinski definition) is 1. The highest BCUT2D eigenvalue weighted by Gasteiger charge is 2.13. The predicted octanol–water partition coefficient (Wildman–Crippen LogP) is 4.80. The van der Waals surface area contributed by atoms with Crippen LogP contribution in [0.15, 0.2) is 36.5 Å². The zero-order valence-electron chi connectivity index (χ0n) is 12.4. The molecule has 1 N–H and O–H groups in total. The molecular formula is C17H20ClIN2. The van der Waals surface area contributed by atoms with Crippen LogP contribution in [-0.2, 0) is 12.8 Å². The molecule has 112 valence electrons. The van der Waals surface area contributed by atoms with Crippen LogP contribution in [0.1, 0.15) is 36.7 Å². The Hall–Kier alpha value is -0.650. The topological polar surface area (TPSA) is 24.9 Å². The maximum absolute atomic E-state index is 6.25. The molecule has 1 unspecified atom stereocenters. The van der Waals surface area contributed by atoms with E-state index in [9.17, 15) is 0 Å². The summed E-state index contributed by atoms with van der Waals surface area (Å²) in [5.74, 6) is 0. The van der Waals surface area contributed by atoms with E-state index in [1.54, 1.807) is 0 Å².